The van der Waals surface area contributed by atoms with Gasteiger partial charge in [0.1, 0.15) is 0 Å². The van der Waals surface area contributed by atoms with Crippen LogP contribution in [0.2, 0.25) is 0 Å². The first-order chi connectivity index (χ1) is 8.31. The summed E-state index contributed by atoms with van der Waals surface area (Å²) in [6.07, 6.45) is 1.77. The van der Waals surface area contributed by atoms with Gasteiger partial charge in [0.25, 0.3) is 0 Å². The van der Waals surface area contributed by atoms with Crippen LogP contribution in [0.1, 0.15) is 12.6 Å². The van der Waals surface area contributed by atoms with Crippen LogP contribution < -0.4 is 15.8 Å². The highest BCUT2D eigenvalue weighted by Gasteiger charge is 2.12. The molecule has 5 nitrogen and oxygen atoms in total. The molecule has 0 amide bonds. The van der Waals surface area contributed by atoms with Gasteiger partial charge in [-0.1, -0.05) is 6.07 Å². The van der Waals surface area contributed by atoms with Crippen LogP contribution in [0, 0.1) is 0 Å². The molecular weight excluding hydrogens is 236 g/mol. The second kappa shape index (κ2) is 5.49. The summed E-state index contributed by atoms with van der Waals surface area (Å²) in [4.78, 5) is 4.23. The molecule has 0 saturated carbocycles. The SMILES string of the molecule is CCOc1c(N)nsc1NCc1ccccn1. The van der Waals surface area contributed by atoms with Crippen molar-refractivity contribution in [3.8, 4) is 5.75 Å². The number of rotatable bonds is 5. The molecule has 0 fully saturated rings. The Morgan fingerprint density at radius 1 is 1.47 bits per heavy atom. The first kappa shape index (κ1) is 11.7. The minimum atomic E-state index is 0.431. The maximum atomic E-state index is 5.72. The van der Waals surface area contributed by atoms with Crippen molar-refractivity contribution < 1.29 is 4.74 Å². The van der Waals surface area contributed by atoms with Gasteiger partial charge in [-0.15, -0.1) is 0 Å². The number of nitrogens with one attached hydrogen (secondary N) is 1. The van der Waals surface area contributed by atoms with Crippen LogP contribution in [0.4, 0.5) is 10.8 Å². The Morgan fingerprint density at radius 2 is 2.35 bits per heavy atom. The molecule has 0 radical (unpaired) electrons. The minimum absolute atomic E-state index is 0.431. The smallest absolute Gasteiger partial charge is 0.197 e. The second-order valence-corrected chi connectivity index (χ2v) is 4.11. The van der Waals surface area contributed by atoms with Crippen LogP contribution in [-0.2, 0) is 6.54 Å². The number of pyridine rings is 1. The van der Waals surface area contributed by atoms with Crippen molar-refractivity contribution in [1.29, 1.82) is 0 Å². The van der Waals surface area contributed by atoms with E-state index in [0.717, 1.165) is 10.7 Å². The van der Waals surface area contributed by atoms with Crippen LogP contribution in [0.25, 0.3) is 0 Å². The van der Waals surface area contributed by atoms with Crippen molar-refractivity contribution in [1.82, 2.24) is 9.36 Å². The predicted octanol–water partition coefficient (Wildman–Crippen LogP) is 2.13. The fourth-order valence-electron chi connectivity index (χ4n) is 1.36. The number of hydrogen-bond acceptors (Lipinski definition) is 6. The molecule has 0 unspecified atom stereocenters. The maximum absolute atomic E-state index is 5.72. The first-order valence-corrected chi connectivity index (χ1v) is 6.10. The number of nitrogens with two attached hydrogens (primary N) is 1. The Balaban J connectivity index is 2.04. The summed E-state index contributed by atoms with van der Waals surface area (Å²) in [7, 11) is 0. The fraction of sp³-hybridized carbons (Fsp3) is 0.273. The van der Waals surface area contributed by atoms with Crippen LogP contribution >= 0.6 is 11.5 Å². The van der Waals surface area contributed by atoms with Crippen molar-refractivity contribution in [2.24, 2.45) is 0 Å². The van der Waals surface area contributed by atoms with Gasteiger partial charge < -0.3 is 15.8 Å². The van der Waals surface area contributed by atoms with Gasteiger partial charge >= 0.3 is 0 Å². The van der Waals surface area contributed by atoms with Gasteiger partial charge in [0.15, 0.2) is 16.6 Å². The van der Waals surface area contributed by atoms with Crippen molar-refractivity contribution >= 4 is 22.4 Å². The van der Waals surface area contributed by atoms with Gasteiger partial charge in [-0.2, -0.15) is 4.37 Å². The zero-order valence-corrected chi connectivity index (χ0v) is 10.3. The molecule has 0 bridgehead atoms. The van der Waals surface area contributed by atoms with Crippen LogP contribution in [0.5, 0.6) is 5.75 Å². The van der Waals surface area contributed by atoms with E-state index in [-0.39, 0.29) is 0 Å². The Bertz CT molecular complexity index is 472. The molecule has 90 valence electrons. The predicted molar refractivity (Wildman–Crippen MR) is 69.3 cm³/mol. The fourth-order valence-corrected chi connectivity index (χ4v) is 2.02. The molecule has 0 aromatic carbocycles. The van der Waals surface area contributed by atoms with E-state index in [1.165, 1.54) is 11.5 Å². The van der Waals surface area contributed by atoms with E-state index in [9.17, 15) is 0 Å². The van der Waals surface area contributed by atoms with E-state index < -0.39 is 0 Å². The molecule has 0 spiro atoms. The molecule has 2 rings (SSSR count). The van der Waals surface area contributed by atoms with E-state index in [1.807, 2.05) is 25.1 Å². The molecule has 2 aromatic heterocycles. The highest BCUT2D eigenvalue weighted by molar-refractivity contribution is 7.11. The van der Waals surface area contributed by atoms with E-state index in [2.05, 4.69) is 14.7 Å². The van der Waals surface area contributed by atoms with E-state index >= 15 is 0 Å². The van der Waals surface area contributed by atoms with Gasteiger partial charge in [0.2, 0.25) is 0 Å². The van der Waals surface area contributed by atoms with Crippen molar-refractivity contribution in [2.75, 3.05) is 17.7 Å². The molecule has 0 atom stereocenters. The monoisotopic (exact) mass is 250 g/mol. The Morgan fingerprint density at radius 3 is 3.06 bits per heavy atom. The van der Waals surface area contributed by atoms with Gasteiger partial charge in [-0.3, -0.25) is 4.98 Å². The summed E-state index contributed by atoms with van der Waals surface area (Å²) in [6.45, 7) is 3.11. The maximum Gasteiger partial charge on any atom is 0.197 e. The first-order valence-electron chi connectivity index (χ1n) is 5.33. The normalized spacial score (nSPS) is 10.2. The average molecular weight is 250 g/mol. The lowest BCUT2D eigenvalue weighted by molar-refractivity contribution is 0.344. The van der Waals surface area contributed by atoms with Gasteiger partial charge in [0.05, 0.1) is 18.8 Å². The lowest BCUT2D eigenvalue weighted by Gasteiger charge is -2.06. The highest BCUT2D eigenvalue weighted by Crippen LogP contribution is 2.35. The molecule has 0 aliphatic rings. The molecule has 6 heteroatoms. The van der Waals surface area contributed by atoms with E-state index in [0.29, 0.717) is 24.7 Å². The van der Waals surface area contributed by atoms with Gasteiger partial charge in [-0.05, 0) is 30.6 Å². The highest BCUT2D eigenvalue weighted by atomic mass is 32.1. The standard InChI is InChI=1S/C11H14N4OS/c1-2-16-9-10(12)15-17-11(9)14-7-8-5-3-4-6-13-8/h3-6,14H,2,7H2,1H3,(H2,12,15). The lowest BCUT2D eigenvalue weighted by atomic mass is 10.3. The summed E-state index contributed by atoms with van der Waals surface area (Å²) in [6, 6.07) is 5.80. The molecule has 17 heavy (non-hydrogen) atoms. The van der Waals surface area contributed by atoms with Crippen LogP contribution in [0.15, 0.2) is 24.4 Å². The van der Waals surface area contributed by atoms with Crippen LogP contribution in [-0.4, -0.2) is 16.0 Å². The number of hydrogen-bond donors (Lipinski definition) is 2. The third-order valence-electron chi connectivity index (χ3n) is 2.12. The second-order valence-electron chi connectivity index (χ2n) is 3.33. The molecule has 2 heterocycles. The zero-order chi connectivity index (χ0) is 12.1. The topological polar surface area (TPSA) is 73.1 Å². The Labute approximate surface area is 104 Å². The molecule has 0 aliphatic carbocycles. The average Bonchev–Trinajstić information content (AvgIpc) is 2.70. The largest absolute Gasteiger partial charge is 0.487 e. The molecular formula is C11H14N4OS. The summed E-state index contributed by atoms with van der Waals surface area (Å²) in [5.41, 5.74) is 6.68. The Hall–Kier alpha value is -1.82. The number of aromatic nitrogens is 2. The van der Waals surface area contributed by atoms with Crippen molar-refractivity contribution in [3.05, 3.63) is 30.1 Å². The number of nitrogens with zero attached hydrogens (tertiary/aromatic N) is 2. The molecule has 3 N–H and O–H groups in total. The van der Waals surface area contributed by atoms with Crippen molar-refractivity contribution in [3.63, 3.8) is 0 Å². The molecule has 0 aliphatic heterocycles. The number of nitrogen functional groups attached to an aromatic ring is 1. The van der Waals surface area contributed by atoms with Crippen molar-refractivity contribution in [2.45, 2.75) is 13.5 Å². The quantitative estimate of drug-likeness (QED) is 0.850. The lowest BCUT2D eigenvalue weighted by Crippen LogP contribution is -2.02. The summed E-state index contributed by atoms with van der Waals surface area (Å²) < 4.78 is 9.50. The summed E-state index contributed by atoms with van der Waals surface area (Å²) >= 11 is 1.30. The minimum Gasteiger partial charge on any atom is -0.487 e. The van der Waals surface area contributed by atoms with E-state index in [4.69, 9.17) is 10.5 Å². The third-order valence-corrected chi connectivity index (χ3v) is 2.92. The number of anilines is 2. The van der Waals surface area contributed by atoms with E-state index in [1.54, 1.807) is 6.20 Å². The number of ether oxygens (including phenoxy) is 1. The molecule has 0 saturated heterocycles. The van der Waals surface area contributed by atoms with Gasteiger partial charge in [-0.25, -0.2) is 0 Å². The van der Waals surface area contributed by atoms with Gasteiger partial charge in [0, 0.05) is 6.20 Å². The summed E-state index contributed by atoms with van der Waals surface area (Å²) in [5, 5.41) is 4.07. The Kier molecular flexibility index (Phi) is 3.77. The zero-order valence-electron chi connectivity index (χ0n) is 9.51. The summed E-state index contributed by atoms with van der Waals surface area (Å²) in [5.74, 6) is 1.06. The third kappa shape index (κ3) is 2.85. The van der Waals surface area contributed by atoms with Crippen LogP contribution in [0.3, 0.4) is 0 Å². The molecule has 2 aromatic rings.